The number of carbonyl (C=O) groups excluding carboxylic acids is 2. The van der Waals surface area contributed by atoms with Crippen molar-refractivity contribution in [3.63, 3.8) is 0 Å². The van der Waals surface area contributed by atoms with Gasteiger partial charge in [0.1, 0.15) is 5.78 Å². The van der Waals surface area contributed by atoms with E-state index in [1.807, 2.05) is 6.92 Å². The molecule has 0 radical (unpaired) electrons. The fourth-order valence-electron chi connectivity index (χ4n) is 1.32. The minimum absolute atomic E-state index is 0.0430. The molecule has 86 valence electrons. The van der Waals surface area contributed by atoms with Crippen LogP contribution in [0.5, 0.6) is 0 Å². The summed E-state index contributed by atoms with van der Waals surface area (Å²) < 4.78 is 0. The molecule has 0 spiro atoms. The van der Waals surface area contributed by atoms with E-state index in [1.165, 1.54) is 6.07 Å². The Labute approximate surface area is 105 Å². The molecule has 16 heavy (non-hydrogen) atoms. The van der Waals surface area contributed by atoms with E-state index in [1.54, 1.807) is 12.1 Å². The molecule has 2 nitrogen and oxygen atoms in total. The molecule has 0 saturated heterocycles. The Bertz CT molecular complexity index is 413. The van der Waals surface area contributed by atoms with Gasteiger partial charge in [-0.3, -0.25) is 9.59 Å². The van der Waals surface area contributed by atoms with E-state index in [9.17, 15) is 9.59 Å². The zero-order valence-electron chi connectivity index (χ0n) is 8.93. The van der Waals surface area contributed by atoms with E-state index in [0.29, 0.717) is 22.0 Å². The molecule has 0 aromatic heterocycles. The van der Waals surface area contributed by atoms with Crippen LogP contribution in [0.3, 0.4) is 0 Å². The lowest BCUT2D eigenvalue weighted by Gasteiger charge is -2.02. The number of hydrogen-bond donors (Lipinski definition) is 0. The van der Waals surface area contributed by atoms with Crippen molar-refractivity contribution in [2.45, 2.75) is 26.2 Å². The second-order valence-electron chi connectivity index (χ2n) is 3.52. The number of hydrogen-bond acceptors (Lipinski definition) is 2. The largest absolute Gasteiger partial charge is 0.299 e. The van der Waals surface area contributed by atoms with Crippen molar-refractivity contribution < 1.29 is 9.59 Å². The molecular formula is C12H12Cl2O2. The van der Waals surface area contributed by atoms with Crippen LogP contribution in [0, 0.1) is 0 Å². The quantitative estimate of drug-likeness (QED) is 0.593. The highest BCUT2D eigenvalue weighted by Crippen LogP contribution is 2.23. The smallest absolute Gasteiger partial charge is 0.170 e. The summed E-state index contributed by atoms with van der Waals surface area (Å²) >= 11 is 11.5. The number of Topliss-reactive ketones (excluding diaryl/α,β-unsaturated/α-hetero) is 2. The third kappa shape index (κ3) is 3.62. The van der Waals surface area contributed by atoms with Gasteiger partial charge >= 0.3 is 0 Å². The number of ketones is 2. The van der Waals surface area contributed by atoms with Crippen LogP contribution in [-0.4, -0.2) is 11.6 Å². The standard InChI is InChI=1S/C12H12Cl2O2/c1-2-3-9(15)7-12(16)8-4-5-10(13)11(14)6-8/h4-6H,2-3,7H2,1H3. The van der Waals surface area contributed by atoms with Crippen LogP contribution in [0.15, 0.2) is 18.2 Å². The van der Waals surface area contributed by atoms with Crippen molar-refractivity contribution in [1.82, 2.24) is 0 Å². The fourth-order valence-corrected chi connectivity index (χ4v) is 1.62. The molecule has 1 aromatic rings. The molecule has 0 aliphatic rings. The van der Waals surface area contributed by atoms with Gasteiger partial charge in [-0.15, -0.1) is 0 Å². The van der Waals surface area contributed by atoms with Crippen LogP contribution in [0.4, 0.5) is 0 Å². The van der Waals surface area contributed by atoms with Gasteiger partial charge in [-0.05, 0) is 24.6 Å². The molecule has 0 aliphatic carbocycles. The van der Waals surface area contributed by atoms with Gasteiger partial charge in [0.05, 0.1) is 16.5 Å². The minimum Gasteiger partial charge on any atom is -0.299 e. The average Bonchev–Trinajstić information content (AvgIpc) is 2.22. The summed E-state index contributed by atoms with van der Waals surface area (Å²) in [7, 11) is 0. The molecule has 0 amide bonds. The molecule has 0 bridgehead atoms. The van der Waals surface area contributed by atoms with E-state index in [2.05, 4.69) is 0 Å². The summed E-state index contributed by atoms with van der Waals surface area (Å²) in [4.78, 5) is 23.0. The Morgan fingerprint density at radius 2 is 1.88 bits per heavy atom. The van der Waals surface area contributed by atoms with E-state index in [0.717, 1.165) is 6.42 Å². The Kier molecular flexibility index (Phi) is 4.97. The number of carbonyl (C=O) groups is 2. The molecule has 0 heterocycles. The summed E-state index contributed by atoms with van der Waals surface area (Å²) in [6.45, 7) is 1.90. The SMILES string of the molecule is CCCC(=O)CC(=O)c1ccc(Cl)c(Cl)c1. The van der Waals surface area contributed by atoms with Gasteiger partial charge in [-0.1, -0.05) is 30.1 Å². The van der Waals surface area contributed by atoms with E-state index < -0.39 is 0 Å². The molecule has 0 atom stereocenters. The van der Waals surface area contributed by atoms with E-state index in [4.69, 9.17) is 23.2 Å². The summed E-state index contributed by atoms with van der Waals surface area (Å²) in [5.74, 6) is -0.254. The van der Waals surface area contributed by atoms with Crippen molar-refractivity contribution in [3.8, 4) is 0 Å². The van der Waals surface area contributed by atoms with Gasteiger partial charge in [0.25, 0.3) is 0 Å². The topological polar surface area (TPSA) is 34.1 Å². The average molecular weight is 259 g/mol. The van der Waals surface area contributed by atoms with Crippen molar-refractivity contribution in [2.24, 2.45) is 0 Å². The van der Waals surface area contributed by atoms with Crippen LogP contribution >= 0.6 is 23.2 Å². The molecule has 1 aromatic carbocycles. The van der Waals surface area contributed by atoms with Gasteiger partial charge in [0.15, 0.2) is 5.78 Å². The second-order valence-corrected chi connectivity index (χ2v) is 4.33. The Morgan fingerprint density at radius 3 is 2.44 bits per heavy atom. The van der Waals surface area contributed by atoms with Crippen LogP contribution in [-0.2, 0) is 4.79 Å². The van der Waals surface area contributed by atoms with Crippen molar-refractivity contribution >= 4 is 34.8 Å². The second kappa shape index (κ2) is 6.02. The first kappa shape index (κ1) is 13.2. The predicted octanol–water partition coefficient (Wildman–Crippen LogP) is 3.94. The molecular weight excluding hydrogens is 247 g/mol. The van der Waals surface area contributed by atoms with Crippen LogP contribution in [0.2, 0.25) is 10.0 Å². The highest BCUT2D eigenvalue weighted by Gasteiger charge is 2.12. The summed E-state index contributed by atoms with van der Waals surface area (Å²) in [6.07, 6.45) is 1.13. The molecule has 0 aliphatic heterocycles. The van der Waals surface area contributed by atoms with Crippen LogP contribution < -0.4 is 0 Å². The number of benzene rings is 1. The molecule has 0 fully saturated rings. The summed E-state index contributed by atoms with van der Waals surface area (Å²) in [6, 6.07) is 4.63. The van der Waals surface area contributed by atoms with E-state index >= 15 is 0 Å². The van der Waals surface area contributed by atoms with Crippen LogP contribution in [0.1, 0.15) is 36.5 Å². The molecule has 0 N–H and O–H groups in total. The first-order valence-electron chi connectivity index (χ1n) is 5.04. The van der Waals surface area contributed by atoms with Gasteiger partial charge in [0.2, 0.25) is 0 Å². The van der Waals surface area contributed by atoms with Crippen molar-refractivity contribution in [3.05, 3.63) is 33.8 Å². The first-order valence-corrected chi connectivity index (χ1v) is 5.80. The van der Waals surface area contributed by atoms with Gasteiger partial charge in [-0.25, -0.2) is 0 Å². The maximum Gasteiger partial charge on any atom is 0.170 e. The first-order chi connectivity index (χ1) is 7.54. The predicted molar refractivity (Wildman–Crippen MR) is 65.3 cm³/mol. The van der Waals surface area contributed by atoms with Crippen molar-refractivity contribution in [2.75, 3.05) is 0 Å². The zero-order chi connectivity index (χ0) is 12.1. The zero-order valence-corrected chi connectivity index (χ0v) is 10.4. The highest BCUT2D eigenvalue weighted by molar-refractivity contribution is 6.42. The maximum absolute atomic E-state index is 11.7. The third-order valence-electron chi connectivity index (χ3n) is 2.13. The molecule has 0 saturated carbocycles. The van der Waals surface area contributed by atoms with Crippen LogP contribution in [0.25, 0.3) is 0 Å². The normalized spacial score (nSPS) is 10.2. The third-order valence-corrected chi connectivity index (χ3v) is 2.87. The van der Waals surface area contributed by atoms with E-state index in [-0.39, 0.29) is 18.0 Å². The van der Waals surface area contributed by atoms with Gasteiger partial charge in [0, 0.05) is 12.0 Å². The van der Waals surface area contributed by atoms with Crippen molar-refractivity contribution in [1.29, 1.82) is 0 Å². The number of rotatable bonds is 5. The minimum atomic E-state index is -0.211. The van der Waals surface area contributed by atoms with Gasteiger partial charge in [-0.2, -0.15) is 0 Å². The number of halogens is 2. The Morgan fingerprint density at radius 1 is 1.19 bits per heavy atom. The highest BCUT2D eigenvalue weighted by atomic mass is 35.5. The lowest BCUT2D eigenvalue weighted by molar-refractivity contribution is -0.118. The Hall–Kier alpha value is -0.860. The van der Waals surface area contributed by atoms with Gasteiger partial charge < -0.3 is 0 Å². The fraction of sp³-hybridized carbons (Fsp3) is 0.333. The molecule has 4 heteroatoms. The molecule has 1 rings (SSSR count). The monoisotopic (exact) mass is 258 g/mol. The summed E-state index contributed by atoms with van der Waals surface area (Å²) in [5.41, 5.74) is 0.429. The summed E-state index contributed by atoms with van der Waals surface area (Å²) in [5, 5.41) is 0.730. The lowest BCUT2D eigenvalue weighted by Crippen LogP contribution is -2.07. The maximum atomic E-state index is 11.7. The Balaban J connectivity index is 2.73. The molecule has 0 unspecified atom stereocenters. The lowest BCUT2D eigenvalue weighted by atomic mass is 10.0.